The van der Waals surface area contributed by atoms with Gasteiger partial charge in [-0.25, -0.2) is 4.98 Å². The van der Waals surface area contributed by atoms with Gasteiger partial charge in [-0.1, -0.05) is 26.7 Å². The second-order valence-corrected chi connectivity index (χ2v) is 5.44. The molecule has 3 nitrogen and oxygen atoms in total. The van der Waals surface area contributed by atoms with Gasteiger partial charge in [-0.15, -0.1) is 0 Å². The fraction of sp³-hybridized carbons (Fsp3) is 0.571. The number of carbonyl (C=O) groups is 1. The van der Waals surface area contributed by atoms with Crippen LogP contribution in [0.3, 0.4) is 0 Å². The smallest absolute Gasteiger partial charge is 0.228 e. The summed E-state index contributed by atoms with van der Waals surface area (Å²) in [6.45, 7) is 6.20. The third-order valence-corrected chi connectivity index (χ3v) is 3.77. The van der Waals surface area contributed by atoms with E-state index in [1.165, 1.54) is 0 Å². The first-order chi connectivity index (χ1) is 8.58. The monoisotopic (exact) mass is 312 g/mol. The summed E-state index contributed by atoms with van der Waals surface area (Å²) in [6.07, 6.45) is 5.67. The number of anilines is 1. The Morgan fingerprint density at radius 3 is 2.50 bits per heavy atom. The van der Waals surface area contributed by atoms with Crippen LogP contribution >= 0.6 is 15.9 Å². The molecule has 1 N–H and O–H groups in total. The molecule has 0 radical (unpaired) electrons. The van der Waals surface area contributed by atoms with Gasteiger partial charge < -0.3 is 5.32 Å². The normalized spacial score (nSPS) is 10.7. The molecule has 0 aromatic carbocycles. The Morgan fingerprint density at radius 1 is 1.39 bits per heavy atom. The molecule has 0 spiro atoms. The Hall–Kier alpha value is -0.900. The van der Waals surface area contributed by atoms with Crippen molar-refractivity contribution in [1.82, 2.24) is 4.98 Å². The van der Waals surface area contributed by atoms with E-state index in [-0.39, 0.29) is 11.8 Å². The molecule has 0 saturated carbocycles. The van der Waals surface area contributed by atoms with E-state index in [1.807, 2.05) is 13.0 Å². The molecule has 1 rings (SSSR count). The molecular weight excluding hydrogens is 292 g/mol. The summed E-state index contributed by atoms with van der Waals surface area (Å²) < 4.78 is 0.958. The maximum absolute atomic E-state index is 12.1. The van der Waals surface area contributed by atoms with Crippen molar-refractivity contribution in [1.29, 1.82) is 0 Å². The van der Waals surface area contributed by atoms with Gasteiger partial charge in [0.2, 0.25) is 5.91 Å². The van der Waals surface area contributed by atoms with Gasteiger partial charge in [0, 0.05) is 16.6 Å². The van der Waals surface area contributed by atoms with Crippen LogP contribution in [-0.4, -0.2) is 10.9 Å². The van der Waals surface area contributed by atoms with Crippen LogP contribution in [0.1, 0.15) is 45.1 Å². The number of halogens is 1. The third-order valence-electron chi connectivity index (χ3n) is 2.94. The van der Waals surface area contributed by atoms with Crippen molar-refractivity contribution in [2.45, 2.75) is 46.5 Å². The van der Waals surface area contributed by atoms with E-state index in [1.54, 1.807) is 6.20 Å². The predicted molar refractivity (Wildman–Crippen MR) is 78.6 cm³/mol. The Kier molecular flexibility index (Phi) is 6.33. The number of hydrogen-bond donors (Lipinski definition) is 1. The van der Waals surface area contributed by atoms with E-state index < -0.39 is 0 Å². The van der Waals surface area contributed by atoms with E-state index >= 15 is 0 Å². The highest BCUT2D eigenvalue weighted by Gasteiger charge is 2.17. The number of nitrogens with one attached hydrogen (secondary N) is 1. The number of carbonyl (C=O) groups excluding carboxylic acids is 1. The summed E-state index contributed by atoms with van der Waals surface area (Å²) >= 11 is 3.40. The summed E-state index contributed by atoms with van der Waals surface area (Å²) in [7, 11) is 0. The first-order valence-corrected chi connectivity index (χ1v) is 7.30. The van der Waals surface area contributed by atoms with E-state index in [2.05, 4.69) is 40.1 Å². The zero-order valence-corrected chi connectivity index (χ0v) is 12.9. The van der Waals surface area contributed by atoms with E-state index in [4.69, 9.17) is 0 Å². The second kappa shape index (κ2) is 7.52. The Balaban J connectivity index is 2.69. The van der Waals surface area contributed by atoms with Crippen molar-refractivity contribution in [2.24, 2.45) is 5.92 Å². The van der Waals surface area contributed by atoms with Crippen LogP contribution in [0.25, 0.3) is 0 Å². The van der Waals surface area contributed by atoms with Crippen LogP contribution in [0.4, 0.5) is 5.82 Å². The summed E-state index contributed by atoms with van der Waals surface area (Å²) in [5, 5.41) is 2.91. The van der Waals surface area contributed by atoms with Crippen LogP contribution in [0.2, 0.25) is 0 Å². The molecule has 0 fully saturated rings. The number of nitrogens with zero attached hydrogens (tertiary/aromatic N) is 1. The highest BCUT2D eigenvalue weighted by molar-refractivity contribution is 9.10. The second-order valence-electron chi connectivity index (χ2n) is 4.58. The van der Waals surface area contributed by atoms with Crippen molar-refractivity contribution in [3.8, 4) is 0 Å². The van der Waals surface area contributed by atoms with Gasteiger partial charge in [0.05, 0.1) is 0 Å². The SMILES string of the molecule is CCCC(CCC)C(=O)Nc1cc(C)c(Br)cn1. The minimum absolute atomic E-state index is 0.0907. The van der Waals surface area contributed by atoms with Gasteiger partial charge in [-0.2, -0.15) is 0 Å². The molecule has 0 aliphatic carbocycles. The van der Waals surface area contributed by atoms with Crippen LogP contribution in [0.5, 0.6) is 0 Å². The van der Waals surface area contributed by atoms with Crippen LogP contribution in [0.15, 0.2) is 16.7 Å². The molecule has 0 bridgehead atoms. The van der Waals surface area contributed by atoms with E-state index in [9.17, 15) is 4.79 Å². The molecule has 0 atom stereocenters. The molecule has 1 aromatic rings. The summed E-state index contributed by atoms with van der Waals surface area (Å²) in [5.74, 6) is 0.830. The van der Waals surface area contributed by atoms with Gasteiger partial charge in [-0.3, -0.25) is 4.79 Å². The van der Waals surface area contributed by atoms with Crippen LogP contribution in [-0.2, 0) is 4.79 Å². The predicted octanol–water partition coefficient (Wildman–Crippen LogP) is 4.31. The minimum atomic E-state index is 0.0907. The lowest BCUT2D eigenvalue weighted by Crippen LogP contribution is -2.23. The average Bonchev–Trinajstić information content (AvgIpc) is 2.33. The van der Waals surface area contributed by atoms with Gasteiger partial charge in [-0.05, 0) is 47.3 Å². The largest absolute Gasteiger partial charge is 0.310 e. The number of aromatic nitrogens is 1. The van der Waals surface area contributed by atoms with Crippen molar-refractivity contribution >= 4 is 27.7 Å². The number of pyridine rings is 1. The minimum Gasteiger partial charge on any atom is -0.310 e. The maximum Gasteiger partial charge on any atom is 0.228 e. The van der Waals surface area contributed by atoms with Crippen molar-refractivity contribution in [3.63, 3.8) is 0 Å². The molecule has 1 amide bonds. The van der Waals surface area contributed by atoms with E-state index in [0.717, 1.165) is 35.7 Å². The zero-order chi connectivity index (χ0) is 13.5. The third kappa shape index (κ3) is 4.41. The van der Waals surface area contributed by atoms with Gasteiger partial charge in [0.15, 0.2) is 0 Å². The number of amides is 1. The molecule has 0 aliphatic rings. The Bertz CT molecular complexity index is 401. The fourth-order valence-electron chi connectivity index (χ4n) is 1.94. The number of rotatable bonds is 6. The van der Waals surface area contributed by atoms with Crippen LogP contribution in [0, 0.1) is 12.8 Å². The van der Waals surface area contributed by atoms with Crippen molar-refractivity contribution < 1.29 is 4.79 Å². The molecule has 0 unspecified atom stereocenters. The summed E-state index contributed by atoms with van der Waals surface area (Å²) in [5.41, 5.74) is 1.07. The van der Waals surface area contributed by atoms with E-state index in [0.29, 0.717) is 5.82 Å². The lowest BCUT2D eigenvalue weighted by molar-refractivity contribution is -0.120. The Morgan fingerprint density at radius 2 is 2.00 bits per heavy atom. The highest BCUT2D eigenvalue weighted by Crippen LogP contribution is 2.19. The highest BCUT2D eigenvalue weighted by atomic mass is 79.9. The maximum atomic E-state index is 12.1. The lowest BCUT2D eigenvalue weighted by atomic mass is 9.97. The molecule has 0 saturated heterocycles. The quantitative estimate of drug-likeness (QED) is 0.850. The first-order valence-electron chi connectivity index (χ1n) is 6.51. The standard InChI is InChI=1S/C14H21BrN2O/c1-4-6-11(7-5-2)14(18)17-13-8-10(3)12(15)9-16-13/h8-9,11H,4-7H2,1-3H3,(H,16,17,18). The van der Waals surface area contributed by atoms with Gasteiger partial charge in [0.1, 0.15) is 5.82 Å². The number of hydrogen-bond acceptors (Lipinski definition) is 2. The summed E-state index contributed by atoms with van der Waals surface area (Å²) in [4.78, 5) is 16.3. The molecular formula is C14H21BrN2O. The Labute approximate surface area is 118 Å². The molecule has 1 heterocycles. The molecule has 4 heteroatoms. The average molecular weight is 313 g/mol. The van der Waals surface area contributed by atoms with Crippen LogP contribution < -0.4 is 5.32 Å². The lowest BCUT2D eigenvalue weighted by Gasteiger charge is -2.15. The zero-order valence-electron chi connectivity index (χ0n) is 11.3. The molecule has 100 valence electrons. The molecule has 1 aromatic heterocycles. The fourth-order valence-corrected chi connectivity index (χ4v) is 2.16. The van der Waals surface area contributed by atoms with Gasteiger partial charge in [0.25, 0.3) is 0 Å². The summed E-state index contributed by atoms with van der Waals surface area (Å²) in [6, 6.07) is 1.89. The molecule has 18 heavy (non-hydrogen) atoms. The van der Waals surface area contributed by atoms with Crippen molar-refractivity contribution in [2.75, 3.05) is 5.32 Å². The first kappa shape index (κ1) is 15.2. The number of aryl methyl sites for hydroxylation is 1. The van der Waals surface area contributed by atoms with Gasteiger partial charge >= 0.3 is 0 Å². The topological polar surface area (TPSA) is 42.0 Å². The van der Waals surface area contributed by atoms with Crippen molar-refractivity contribution in [3.05, 3.63) is 22.3 Å². The molecule has 0 aliphatic heterocycles.